The fourth-order valence-corrected chi connectivity index (χ4v) is 6.89. The molecule has 1 unspecified atom stereocenters. The lowest BCUT2D eigenvalue weighted by Gasteiger charge is -2.29. The van der Waals surface area contributed by atoms with Gasteiger partial charge >= 0.3 is 5.97 Å². The first-order valence-electron chi connectivity index (χ1n) is 15.7. The molecule has 1 aliphatic heterocycles. The molecule has 4 aromatic rings. The molecule has 11 heteroatoms. The van der Waals surface area contributed by atoms with Gasteiger partial charge in [0.1, 0.15) is 12.6 Å². The number of nitrogens with one attached hydrogen (secondary N) is 1. The van der Waals surface area contributed by atoms with E-state index >= 15 is 0 Å². The van der Waals surface area contributed by atoms with E-state index in [1.165, 1.54) is 17.3 Å². The molecule has 1 atom stereocenters. The van der Waals surface area contributed by atoms with E-state index in [1.807, 2.05) is 57.2 Å². The van der Waals surface area contributed by atoms with Gasteiger partial charge in [-0.15, -0.1) is 5.10 Å². The molecular formula is C36H40BrClN4O4S. The van der Waals surface area contributed by atoms with Gasteiger partial charge < -0.3 is 19.5 Å². The van der Waals surface area contributed by atoms with Crippen LogP contribution in [0.25, 0.3) is 0 Å². The molecule has 0 aliphatic carbocycles. The molecule has 0 radical (unpaired) electrons. The molecule has 0 saturated heterocycles. The lowest BCUT2D eigenvalue weighted by Crippen LogP contribution is -2.30. The van der Waals surface area contributed by atoms with Crippen LogP contribution in [0.1, 0.15) is 76.3 Å². The predicted octanol–water partition coefficient (Wildman–Crippen LogP) is 9.50. The van der Waals surface area contributed by atoms with Crippen LogP contribution in [0.3, 0.4) is 0 Å². The van der Waals surface area contributed by atoms with Gasteiger partial charge in [0.15, 0.2) is 11.5 Å². The topological polar surface area (TPSA) is 87.5 Å². The number of allylic oxidation sites excluding steroid dienone is 1. The number of anilines is 1. The zero-order valence-corrected chi connectivity index (χ0v) is 30.7. The Kier molecular flexibility index (Phi) is 11.3. The Bertz CT molecular complexity index is 1770. The molecule has 2 heterocycles. The summed E-state index contributed by atoms with van der Waals surface area (Å²) in [5, 5.41) is 9.38. The van der Waals surface area contributed by atoms with E-state index in [2.05, 4.69) is 66.3 Å². The molecule has 0 amide bonds. The second-order valence-corrected chi connectivity index (χ2v) is 14.4. The maximum atomic E-state index is 13.6. The van der Waals surface area contributed by atoms with E-state index in [4.69, 9.17) is 35.9 Å². The summed E-state index contributed by atoms with van der Waals surface area (Å²) in [6.07, 6.45) is 0.707. The summed E-state index contributed by atoms with van der Waals surface area (Å²) in [5.41, 5.74) is 5.22. The second-order valence-electron chi connectivity index (χ2n) is 12.2. The maximum Gasteiger partial charge on any atom is 0.338 e. The summed E-state index contributed by atoms with van der Waals surface area (Å²) < 4.78 is 20.5. The second kappa shape index (κ2) is 15.2. The lowest BCUT2D eigenvalue weighted by atomic mass is 9.87. The third-order valence-corrected chi connectivity index (χ3v) is 9.50. The number of aromatic nitrogens is 3. The Hall–Kier alpha value is -3.47. The van der Waals surface area contributed by atoms with Crippen molar-refractivity contribution in [1.29, 1.82) is 0 Å². The van der Waals surface area contributed by atoms with Gasteiger partial charge in [-0.3, -0.25) is 0 Å². The van der Waals surface area contributed by atoms with E-state index in [0.29, 0.717) is 75.4 Å². The number of carbonyl (C=O) groups excluding carboxylic acids is 1. The van der Waals surface area contributed by atoms with Gasteiger partial charge in [-0.2, -0.15) is 4.98 Å². The lowest BCUT2D eigenvalue weighted by molar-refractivity contribution is -0.139. The Labute approximate surface area is 294 Å². The molecule has 3 aromatic carbocycles. The van der Waals surface area contributed by atoms with E-state index in [-0.39, 0.29) is 5.41 Å². The number of carbonyl (C=O) groups is 1. The van der Waals surface area contributed by atoms with Crippen molar-refractivity contribution in [1.82, 2.24) is 14.8 Å². The molecule has 1 N–H and O–H groups in total. The SMILES string of the molecule is CCCOC(=O)C1=C(C)Nc2nc(SCc3ccccc3Cl)nn2C1c1cc(Br)c(OCc2ccc(C(C)(C)C)cc2)c(OCC)c1. The van der Waals surface area contributed by atoms with Crippen LogP contribution < -0.4 is 14.8 Å². The number of thioether (sulfide) groups is 1. The van der Waals surface area contributed by atoms with Crippen LogP contribution >= 0.6 is 39.3 Å². The van der Waals surface area contributed by atoms with Crippen molar-refractivity contribution in [2.45, 2.75) is 76.9 Å². The minimum Gasteiger partial charge on any atom is -0.490 e. The Balaban J connectivity index is 1.49. The number of rotatable bonds is 12. The molecule has 0 saturated carbocycles. The number of esters is 1. The number of hydrogen-bond donors (Lipinski definition) is 1. The van der Waals surface area contributed by atoms with Crippen molar-refractivity contribution in [3.05, 3.63) is 104 Å². The van der Waals surface area contributed by atoms with Crippen LogP contribution in [0, 0.1) is 0 Å². The van der Waals surface area contributed by atoms with Gasteiger partial charge in [-0.25, -0.2) is 9.48 Å². The van der Waals surface area contributed by atoms with Crippen molar-refractivity contribution in [3.63, 3.8) is 0 Å². The third-order valence-electron chi connectivity index (χ3n) is 7.66. The van der Waals surface area contributed by atoms with Gasteiger partial charge in [0.05, 0.1) is 23.3 Å². The summed E-state index contributed by atoms with van der Waals surface area (Å²) in [6.45, 7) is 13.4. The molecular weight excluding hydrogens is 700 g/mol. The molecule has 47 heavy (non-hydrogen) atoms. The van der Waals surface area contributed by atoms with Gasteiger partial charge in [0.2, 0.25) is 11.1 Å². The Morgan fingerprint density at radius 3 is 2.51 bits per heavy atom. The zero-order chi connectivity index (χ0) is 33.7. The quantitative estimate of drug-likeness (QED) is 0.114. The summed E-state index contributed by atoms with van der Waals surface area (Å²) in [6, 6.07) is 19.4. The first-order valence-corrected chi connectivity index (χ1v) is 17.8. The first-order chi connectivity index (χ1) is 22.5. The van der Waals surface area contributed by atoms with Crippen LogP contribution in [0.2, 0.25) is 5.02 Å². The van der Waals surface area contributed by atoms with E-state index in [1.54, 1.807) is 4.68 Å². The normalized spacial score (nSPS) is 14.4. The van der Waals surface area contributed by atoms with Gasteiger partial charge in [0.25, 0.3) is 0 Å². The molecule has 248 valence electrons. The zero-order valence-electron chi connectivity index (χ0n) is 27.5. The van der Waals surface area contributed by atoms with Crippen LogP contribution in [0.4, 0.5) is 5.95 Å². The van der Waals surface area contributed by atoms with Crippen molar-refractivity contribution in [3.8, 4) is 11.5 Å². The Morgan fingerprint density at radius 1 is 1.09 bits per heavy atom. The number of halogens is 2. The van der Waals surface area contributed by atoms with Crippen molar-refractivity contribution in [2.24, 2.45) is 0 Å². The molecule has 1 aromatic heterocycles. The first kappa shape index (κ1) is 34.9. The van der Waals surface area contributed by atoms with Gasteiger partial charge in [-0.05, 0) is 82.1 Å². The highest BCUT2D eigenvalue weighted by Gasteiger charge is 2.36. The van der Waals surface area contributed by atoms with Crippen molar-refractivity contribution < 1.29 is 19.0 Å². The summed E-state index contributed by atoms with van der Waals surface area (Å²) >= 11 is 11.6. The minimum absolute atomic E-state index is 0.0721. The number of nitrogens with zero attached hydrogens (tertiary/aromatic N) is 3. The predicted molar refractivity (Wildman–Crippen MR) is 192 cm³/mol. The van der Waals surface area contributed by atoms with Crippen LogP contribution in [-0.2, 0) is 27.3 Å². The summed E-state index contributed by atoms with van der Waals surface area (Å²) in [5.74, 6) is 1.83. The molecule has 0 spiro atoms. The highest BCUT2D eigenvalue weighted by Crippen LogP contribution is 2.44. The molecule has 1 aliphatic rings. The molecule has 0 bridgehead atoms. The average molecular weight is 740 g/mol. The summed E-state index contributed by atoms with van der Waals surface area (Å²) in [4.78, 5) is 18.3. The average Bonchev–Trinajstić information content (AvgIpc) is 3.44. The number of fused-ring (bicyclic) bond motifs is 1. The highest BCUT2D eigenvalue weighted by atomic mass is 79.9. The standard InChI is InChI=1S/C36H40BrClN4O4S/c1-7-17-45-33(43)30-22(3)39-34-40-35(47-21-24-11-9-10-12-28(24)38)41-42(34)31(30)25-18-27(37)32(29(19-25)44-8-2)46-20-23-13-15-26(16-14-23)36(4,5)6/h9-16,18-19,31H,7-8,17,20-21H2,1-6H3,(H,39,40,41). The third kappa shape index (κ3) is 8.16. The highest BCUT2D eigenvalue weighted by molar-refractivity contribution is 9.10. The van der Waals surface area contributed by atoms with Gasteiger partial charge in [-0.1, -0.05) is 93.5 Å². The smallest absolute Gasteiger partial charge is 0.338 e. The van der Waals surface area contributed by atoms with Gasteiger partial charge in [0, 0.05) is 16.5 Å². The molecule has 0 fully saturated rings. The molecule has 8 nitrogen and oxygen atoms in total. The minimum atomic E-state index is -0.632. The maximum absolute atomic E-state index is 13.6. The van der Waals surface area contributed by atoms with Crippen LogP contribution in [0.15, 0.2) is 81.6 Å². The van der Waals surface area contributed by atoms with Crippen molar-refractivity contribution >= 4 is 51.2 Å². The number of ether oxygens (including phenoxy) is 3. The fraction of sp³-hybridized carbons (Fsp3) is 0.361. The molecule has 5 rings (SSSR count). The number of benzene rings is 3. The largest absolute Gasteiger partial charge is 0.490 e. The van der Waals surface area contributed by atoms with E-state index < -0.39 is 12.0 Å². The fourth-order valence-electron chi connectivity index (χ4n) is 5.20. The van der Waals surface area contributed by atoms with Crippen LogP contribution in [-0.4, -0.2) is 33.9 Å². The number of hydrogen-bond acceptors (Lipinski definition) is 8. The van der Waals surface area contributed by atoms with Crippen molar-refractivity contribution in [2.75, 3.05) is 18.5 Å². The monoisotopic (exact) mass is 738 g/mol. The Morgan fingerprint density at radius 2 is 1.83 bits per heavy atom. The van der Waals surface area contributed by atoms with E-state index in [9.17, 15) is 4.79 Å². The van der Waals surface area contributed by atoms with E-state index in [0.717, 1.165) is 16.7 Å². The summed E-state index contributed by atoms with van der Waals surface area (Å²) in [7, 11) is 0. The van der Waals surface area contributed by atoms with Crippen LogP contribution in [0.5, 0.6) is 11.5 Å².